The molecule has 0 saturated heterocycles. The molecule has 0 aromatic heterocycles. The van der Waals surface area contributed by atoms with Crippen molar-refractivity contribution < 1.29 is 15.1 Å². The topological polar surface area (TPSA) is 117 Å². The highest BCUT2D eigenvalue weighted by molar-refractivity contribution is 5.98. The molecule has 1 heterocycles. The minimum atomic E-state index is -0.936. The van der Waals surface area contributed by atoms with E-state index in [0.717, 1.165) is 36.9 Å². The lowest BCUT2D eigenvalue weighted by atomic mass is 9.93. The number of fused-ring (bicyclic) bond motifs is 2. The lowest BCUT2D eigenvalue weighted by molar-refractivity contribution is -0.155. The van der Waals surface area contributed by atoms with Gasteiger partial charge in [0.1, 0.15) is 0 Å². The van der Waals surface area contributed by atoms with Crippen molar-refractivity contribution >= 4 is 22.3 Å². The van der Waals surface area contributed by atoms with Crippen LogP contribution in [-0.4, -0.2) is 40.6 Å². The van der Waals surface area contributed by atoms with E-state index in [1.54, 1.807) is 0 Å². The summed E-state index contributed by atoms with van der Waals surface area (Å²) in [6.45, 7) is 0.606. The van der Waals surface area contributed by atoms with Crippen molar-refractivity contribution in [3.63, 3.8) is 0 Å². The average molecular weight is 461 g/mol. The summed E-state index contributed by atoms with van der Waals surface area (Å²) >= 11 is 0. The Morgan fingerprint density at radius 2 is 1.82 bits per heavy atom. The van der Waals surface area contributed by atoms with Crippen molar-refractivity contribution in [2.75, 3.05) is 4.90 Å². The molecule has 6 N–H and O–H groups in total. The Hall–Kier alpha value is -3.13. The van der Waals surface area contributed by atoms with Gasteiger partial charge in [-0.3, -0.25) is 0 Å². The van der Waals surface area contributed by atoms with Gasteiger partial charge in [-0.2, -0.15) is 0 Å². The second-order valence-electron chi connectivity index (χ2n) is 9.43. The molecule has 0 radical (unpaired) electrons. The molecular formula is C27H32N4O3. The lowest BCUT2D eigenvalue weighted by Gasteiger charge is -2.35. The zero-order chi connectivity index (χ0) is 23.7. The summed E-state index contributed by atoms with van der Waals surface area (Å²) in [7, 11) is 0. The normalized spacial score (nSPS) is 23.8. The summed E-state index contributed by atoms with van der Waals surface area (Å²) in [5.41, 5.74) is 15.8. The van der Waals surface area contributed by atoms with Gasteiger partial charge in [-0.25, -0.2) is 0 Å². The highest BCUT2D eigenvalue weighted by Gasteiger charge is 2.37. The molecule has 2 unspecified atom stereocenters. The van der Waals surface area contributed by atoms with E-state index in [1.165, 1.54) is 16.3 Å². The van der Waals surface area contributed by atoms with Crippen molar-refractivity contribution in [3.05, 3.63) is 77.4 Å². The van der Waals surface area contributed by atoms with Crippen LogP contribution in [0.15, 0.2) is 65.8 Å². The van der Waals surface area contributed by atoms with Crippen molar-refractivity contribution in [1.29, 1.82) is 0 Å². The second-order valence-corrected chi connectivity index (χ2v) is 9.43. The summed E-state index contributed by atoms with van der Waals surface area (Å²) in [6, 6.07) is 20.4. The van der Waals surface area contributed by atoms with Crippen molar-refractivity contribution in [2.45, 2.75) is 63.1 Å². The number of aliphatic hydroxyl groups is 1. The van der Waals surface area contributed by atoms with Crippen LogP contribution in [0, 0.1) is 0 Å². The van der Waals surface area contributed by atoms with Crippen LogP contribution >= 0.6 is 0 Å². The van der Waals surface area contributed by atoms with Gasteiger partial charge in [0.25, 0.3) is 0 Å². The first kappa shape index (κ1) is 22.7. The second kappa shape index (κ2) is 9.62. The van der Waals surface area contributed by atoms with E-state index in [1.807, 2.05) is 30.3 Å². The fourth-order valence-electron chi connectivity index (χ4n) is 5.32. The minimum absolute atomic E-state index is 0.0191. The summed E-state index contributed by atoms with van der Waals surface area (Å²) in [4.78, 5) is 2.20. The summed E-state index contributed by atoms with van der Waals surface area (Å²) in [6.07, 6.45) is 3.32. The molecule has 0 bridgehead atoms. The Balaban J connectivity index is 1.47. The number of hydrogen-bond donors (Lipinski definition) is 4. The van der Waals surface area contributed by atoms with E-state index >= 15 is 0 Å². The Morgan fingerprint density at radius 1 is 1.06 bits per heavy atom. The number of benzene rings is 3. The molecule has 2 atom stereocenters. The van der Waals surface area contributed by atoms with Crippen LogP contribution in [0.3, 0.4) is 0 Å². The molecule has 2 aliphatic rings. The number of nitrogens with two attached hydrogens (primary N) is 2. The van der Waals surface area contributed by atoms with E-state index in [-0.39, 0.29) is 24.0 Å². The molecule has 3 aromatic rings. The highest BCUT2D eigenvalue weighted by atomic mass is 16.6. The van der Waals surface area contributed by atoms with E-state index < -0.39 is 6.29 Å². The molecule has 0 amide bonds. The van der Waals surface area contributed by atoms with Gasteiger partial charge in [-0.05, 0) is 60.1 Å². The molecular weight excluding hydrogens is 428 g/mol. The van der Waals surface area contributed by atoms with Gasteiger partial charge in [0.05, 0.1) is 12.1 Å². The first-order chi connectivity index (χ1) is 16.5. The van der Waals surface area contributed by atoms with Crippen LogP contribution in [0.4, 0.5) is 5.69 Å². The van der Waals surface area contributed by atoms with E-state index in [4.69, 9.17) is 16.2 Å². The van der Waals surface area contributed by atoms with Crippen molar-refractivity contribution in [1.82, 2.24) is 0 Å². The smallest absolute Gasteiger partial charge is 0.175 e. The average Bonchev–Trinajstić information content (AvgIpc) is 3.23. The number of hydrogen-bond acceptors (Lipinski definition) is 6. The third-order valence-corrected chi connectivity index (χ3v) is 7.23. The third-order valence-electron chi connectivity index (χ3n) is 7.23. The molecule has 0 spiro atoms. The number of anilines is 1. The first-order valence-corrected chi connectivity index (χ1v) is 12.0. The molecule has 1 saturated carbocycles. The molecule has 7 nitrogen and oxygen atoms in total. The Labute approximate surface area is 199 Å². The molecule has 3 aromatic carbocycles. The Bertz CT molecular complexity index is 1180. The quantitative estimate of drug-likeness (QED) is 0.147. The van der Waals surface area contributed by atoms with Crippen LogP contribution in [0.5, 0.6) is 0 Å². The van der Waals surface area contributed by atoms with Gasteiger partial charge < -0.3 is 31.4 Å². The van der Waals surface area contributed by atoms with Crippen LogP contribution in [-0.2, 0) is 17.7 Å². The molecule has 7 heteroatoms. The molecule has 1 aliphatic carbocycles. The number of oxime groups is 1. The van der Waals surface area contributed by atoms with Gasteiger partial charge in [0.15, 0.2) is 12.1 Å². The number of aliphatic hydroxyl groups excluding tert-OH is 1. The number of ether oxygens (including phenoxy) is 1. The highest BCUT2D eigenvalue weighted by Crippen LogP contribution is 2.37. The third kappa shape index (κ3) is 4.46. The zero-order valence-corrected chi connectivity index (χ0v) is 19.2. The van der Waals surface area contributed by atoms with Crippen LogP contribution in [0.2, 0.25) is 0 Å². The maximum atomic E-state index is 11.2. The first-order valence-electron chi connectivity index (χ1n) is 12.0. The Kier molecular flexibility index (Phi) is 6.41. The van der Waals surface area contributed by atoms with Crippen LogP contribution in [0.25, 0.3) is 10.8 Å². The number of amidine groups is 1. The van der Waals surface area contributed by atoms with E-state index in [2.05, 4.69) is 40.4 Å². The van der Waals surface area contributed by atoms with Crippen molar-refractivity contribution in [3.8, 4) is 0 Å². The molecule has 178 valence electrons. The fourth-order valence-corrected chi connectivity index (χ4v) is 5.32. The van der Waals surface area contributed by atoms with Gasteiger partial charge >= 0.3 is 0 Å². The lowest BCUT2D eigenvalue weighted by Crippen LogP contribution is -2.45. The van der Waals surface area contributed by atoms with Crippen LogP contribution < -0.4 is 16.4 Å². The van der Waals surface area contributed by atoms with Gasteiger partial charge in [0.2, 0.25) is 0 Å². The number of nitrogens with zero attached hydrogens (tertiary/aromatic N) is 2. The predicted molar refractivity (Wildman–Crippen MR) is 134 cm³/mol. The van der Waals surface area contributed by atoms with Crippen LogP contribution in [0.1, 0.15) is 42.4 Å². The van der Waals surface area contributed by atoms with Gasteiger partial charge in [-0.15, -0.1) is 0 Å². The molecule has 1 fully saturated rings. The van der Waals surface area contributed by atoms with E-state index in [0.29, 0.717) is 18.5 Å². The maximum Gasteiger partial charge on any atom is 0.175 e. The predicted octanol–water partition coefficient (Wildman–Crippen LogP) is 3.47. The minimum Gasteiger partial charge on any atom is -0.409 e. The van der Waals surface area contributed by atoms with Gasteiger partial charge in [0, 0.05) is 23.8 Å². The number of rotatable bonds is 6. The molecule has 1 aliphatic heterocycles. The fraction of sp³-hybridized carbons (Fsp3) is 0.370. The zero-order valence-electron chi connectivity index (χ0n) is 19.2. The van der Waals surface area contributed by atoms with Crippen molar-refractivity contribution in [2.24, 2.45) is 16.6 Å². The van der Waals surface area contributed by atoms with E-state index in [9.17, 15) is 10.3 Å². The SMILES string of the molecule is N/C(=N\O)c1ccc2c(c1)N(Cc1cccc3ccccc13)C(C(O)OC1CCC(N)CC1)C2. The summed E-state index contributed by atoms with van der Waals surface area (Å²) < 4.78 is 6.18. The summed E-state index contributed by atoms with van der Waals surface area (Å²) in [5, 5.41) is 25.9. The largest absolute Gasteiger partial charge is 0.409 e. The Morgan fingerprint density at radius 3 is 2.62 bits per heavy atom. The monoisotopic (exact) mass is 460 g/mol. The molecule has 5 rings (SSSR count). The summed E-state index contributed by atoms with van der Waals surface area (Å²) in [5.74, 6) is 0.0618. The standard InChI is InChI=1S/C27H32N4O3/c28-21-10-12-22(13-11-21)34-27(32)25-14-18-8-9-19(26(29)30-33)15-24(18)31(25)16-20-6-3-5-17-4-1-2-7-23(17)20/h1-9,15,21-22,25,27,32-33H,10-14,16,28H2,(H2,29,30). The maximum absolute atomic E-state index is 11.2. The molecule has 34 heavy (non-hydrogen) atoms. The van der Waals surface area contributed by atoms with Gasteiger partial charge in [-0.1, -0.05) is 59.8 Å².